The van der Waals surface area contributed by atoms with Crippen LogP contribution in [0.1, 0.15) is 51.0 Å². The van der Waals surface area contributed by atoms with Crippen molar-refractivity contribution in [2.75, 3.05) is 7.11 Å². The third kappa shape index (κ3) is 2.82. The lowest BCUT2D eigenvalue weighted by atomic mass is 9.48. The first-order valence-corrected chi connectivity index (χ1v) is 9.49. The van der Waals surface area contributed by atoms with Crippen molar-refractivity contribution in [1.29, 1.82) is 0 Å². The van der Waals surface area contributed by atoms with E-state index in [0.29, 0.717) is 11.8 Å². The summed E-state index contributed by atoms with van der Waals surface area (Å²) in [7, 11) is 1.66. The van der Waals surface area contributed by atoms with Crippen molar-refractivity contribution in [2.24, 2.45) is 23.2 Å². The van der Waals surface area contributed by atoms with Gasteiger partial charge in [0.15, 0.2) is 0 Å². The number of methoxy groups -OCH3 is 1. The van der Waals surface area contributed by atoms with E-state index in [1.807, 2.05) is 24.3 Å². The highest BCUT2D eigenvalue weighted by Crippen LogP contribution is 2.61. The van der Waals surface area contributed by atoms with Crippen LogP contribution in [-0.2, 0) is 11.2 Å². The largest absolute Gasteiger partial charge is 0.496 e. The molecule has 3 heteroatoms. The quantitative estimate of drug-likeness (QED) is 0.889. The Hall–Kier alpha value is -1.51. The van der Waals surface area contributed by atoms with Gasteiger partial charge in [-0.2, -0.15) is 0 Å². The number of amides is 1. The molecule has 1 aromatic carbocycles. The molecule has 3 nitrogen and oxygen atoms in total. The molecule has 1 N–H and O–H groups in total. The molecule has 4 aliphatic carbocycles. The van der Waals surface area contributed by atoms with Crippen LogP contribution < -0.4 is 10.1 Å². The van der Waals surface area contributed by atoms with Gasteiger partial charge in [0.25, 0.3) is 0 Å². The number of hydrogen-bond donors (Lipinski definition) is 1. The van der Waals surface area contributed by atoms with Gasteiger partial charge in [0.1, 0.15) is 5.75 Å². The van der Waals surface area contributed by atoms with Crippen molar-refractivity contribution < 1.29 is 9.53 Å². The van der Waals surface area contributed by atoms with Crippen molar-refractivity contribution in [3.63, 3.8) is 0 Å². The van der Waals surface area contributed by atoms with E-state index in [4.69, 9.17) is 4.74 Å². The molecule has 1 aromatic rings. The smallest absolute Gasteiger partial charge is 0.224 e. The fourth-order valence-electron chi connectivity index (χ4n) is 6.18. The van der Waals surface area contributed by atoms with Crippen molar-refractivity contribution in [1.82, 2.24) is 5.32 Å². The Kier molecular flexibility index (Phi) is 4.06. The Labute approximate surface area is 145 Å². The van der Waals surface area contributed by atoms with Gasteiger partial charge in [-0.3, -0.25) is 4.79 Å². The molecule has 5 rings (SSSR count). The molecule has 4 bridgehead atoms. The van der Waals surface area contributed by atoms with Crippen LogP contribution >= 0.6 is 0 Å². The van der Waals surface area contributed by atoms with Crippen molar-refractivity contribution in [3.8, 4) is 5.75 Å². The summed E-state index contributed by atoms with van der Waals surface area (Å²) in [6, 6.07) is 8.10. The summed E-state index contributed by atoms with van der Waals surface area (Å²) >= 11 is 0. The fraction of sp³-hybridized carbons (Fsp3) is 0.667. The standard InChI is InChI=1S/C21H29NO2/c1-14(21-11-15-7-16(12-21)9-17(8-15)13-21)22-20(23)10-18-5-3-4-6-19(18)24-2/h3-6,14-17H,7-13H2,1-2H3,(H,22,23)/t14-,15?,16?,17?,21?/m0/s1. The normalized spacial score (nSPS) is 34.8. The van der Waals surface area contributed by atoms with Crippen molar-refractivity contribution >= 4 is 5.91 Å². The molecule has 4 saturated carbocycles. The minimum atomic E-state index is 0.128. The molecule has 0 spiro atoms. The van der Waals surface area contributed by atoms with Crippen LogP contribution in [-0.4, -0.2) is 19.1 Å². The van der Waals surface area contributed by atoms with E-state index >= 15 is 0 Å². The average Bonchev–Trinajstić information content (AvgIpc) is 2.54. The topological polar surface area (TPSA) is 38.3 Å². The fourth-order valence-corrected chi connectivity index (χ4v) is 6.18. The van der Waals surface area contributed by atoms with Crippen LogP contribution in [0.15, 0.2) is 24.3 Å². The highest BCUT2D eigenvalue weighted by Gasteiger charge is 2.53. The van der Waals surface area contributed by atoms with Gasteiger partial charge < -0.3 is 10.1 Å². The van der Waals surface area contributed by atoms with E-state index in [1.165, 1.54) is 38.5 Å². The summed E-state index contributed by atoms with van der Waals surface area (Å²) in [6.45, 7) is 2.24. The second kappa shape index (κ2) is 6.09. The number of rotatable bonds is 5. The summed E-state index contributed by atoms with van der Waals surface area (Å²) in [4.78, 5) is 12.6. The molecule has 0 aromatic heterocycles. The number of carbonyl (C=O) groups excluding carboxylic acids is 1. The van der Waals surface area contributed by atoms with Gasteiger partial charge in [-0.25, -0.2) is 0 Å². The molecule has 0 saturated heterocycles. The zero-order valence-electron chi connectivity index (χ0n) is 14.9. The summed E-state index contributed by atoms with van der Waals surface area (Å²) in [5.74, 6) is 3.69. The van der Waals surface area contributed by atoms with E-state index < -0.39 is 0 Å². The SMILES string of the molecule is COc1ccccc1CC(=O)N[C@@H](C)C12CC3CC(CC(C3)C1)C2. The second-order valence-corrected chi connectivity index (χ2v) is 8.56. The zero-order valence-corrected chi connectivity index (χ0v) is 14.9. The van der Waals surface area contributed by atoms with E-state index in [1.54, 1.807) is 7.11 Å². The highest BCUT2D eigenvalue weighted by molar-refractivity contribution is 5.79. The number of nitrogens with one attached hydrogen (secondary N) is 1. The average molecular weight is 327 g/mol. The molecular formula is C21H29NO2. The Morgan fingerprint density at radius 1 is 1.17 bits per heavy atom. The maximum atomic E-state index is 12.6. The van der Waals surface area contributed by atoms with E-state index in [2.05, 4.69) is 12.2 Å². The van der Waals surface area contributed by atoms with Gasteiger partial charge in [0.2, 0.25) is 5.91 Å². The Morgan fingerprint density at radius 3 is 2.33 bits per heavy atom. The molecule has 1 atom stereocenters. The van der Waals surface area contributed by atoms with Crippen molar-refractivity contribution in [3.05, 3.63) is 29.8 Å². The molecule has 1 amide bonds. The number of carbonyl (C=O) groups is 1. The molecule has 130 valence electrons. The molecule has 0 unspecified atom stereocenters. The third-order valence-electron chi connectivity index (χ3n) is 6.93. The zero-order chi connectivity index (χ0) is 16.7. The van der Waals surface area contributed by atoms with Gasteiger partial charge in [-0.05, 0) is 74.7 Å². The summed E-state index contributed by atoms with van der Waals surface area (Å²) in [5, 5.41) is 3.34. The monoisotopic (exact) mass is 327 g/mol. The van der Waals surface area contributed by atoms with E-state index in [-0.39, 0.29) is 11.9 Å². The maximum absolute atomic E-state index is 12.6. The second-order valence-electron chi connectivity index (χ2n) is 8.56. The Balaban J connectivity index is 1.42. The first kappa shape index (κ1) is 16.0. The Morgan fingerprint density at radius 2 is 1.75 bits per heavy atom. The molecule has 0 radical (unpaired) electrons. The van der Waals surface area contributed by atoms with E-state index in [9.17, 15) is 4.79 Å². The predicted molar refractivity (Wildman–Crippen MR) is 94.9 cm³/mol. The lowest BCUT2D eigenvalue weighted by molar-refractivity contribution is -0.125. The van der Waals surface area contributed by atoms with Gasteiger partial charge in [0, 0.05) is 11.6 Å². The first-order chi connectivity index (χ1) is 11.6. The number of hydrogen-bond acceptors (Lipinski definition) is 2. The van der Waals surface area contributed by atoms with Crippen LogP contribution in [0.4, 0.5) is 0 Å². The van der Waals surface area contributed by atoms with E-state index in [0.717, 1.165) is 29.1 Å². The number of para-hydroxylation sites is 1. The molecule has 4 aliphatic rings. The van der Waals surface area contributed by atoms with Crippen LogP contribution in [0.5, 0.6) is 5.75 Å². The third-order valence-corrected chi connectivity index (χ3v) is 6.93. The van der Waals surface area contributed by atoms with Crippen LogP contribution in [0.2, 0.25) is 0 Å². The van der Waals surface area contributed by atoms with Crippen molar-refractivity contribution in [2.45, 2.75) is 57.9 Å². The number of ether oxygens (including phenoxy) is 1. The molecule has 0 heterocycles. The van der Waals surface area contributed by atoms with Gasteiger partial charge in [-0.15, -0.1) is 0 Å². The minimum Gasteiger partial charge on any atom is -0.496 e. The van der Waals surface area contributed by atoms with Crippen LogP contribution in [0, 0.1) is 23.2 Å². The summed E-state index contributed by atoms with van der Waals surface area (Å²) in [5.41, 5.74) is 1.33. The summed E-state index contributed by atoms with van der Waals surface area (Å²) < 4.78 is 5.37. The number of benzene rings is 1. The molecule has 0 aliphatic heterocycles. The molecular weight excluding hydrogens is 298 g/mol. The molecule has 4 fully saturated rings. The predicted octanol–water partition coefficient (Wildman–Crippen LogP) is 3.96. The van der Waals surface area contributed by atoms with Gasteiger partial charge in [-0.1, -0.05) is 18.2 Å². The molecule has 24 heavy (non-hydrogen) atoms. The highest BCUT2D eigenvalue weighted by atomic mass is 16.5. The minimum absolute atomic E-state index is 0.128. The van der Waals surface area contributed by atoms with Gasteiger partial charge >= 0.3 is 0 Å². The Bertz CT molecular complexity index is 589. The van der Waals surface area contributed by atoms with Crippen LogP contribution in [0.3, 0.4) is 0 Å². The van der Waals surface area contributed by atoms with Crippen LogP contribution in [0.25, 0.3) is 0 Å². The maximum Gasteiger partial charge on any atom is 0.224 e. The van der Waals surface area contributed by atoms with Gasteiger partial charge in [0.05, 0.1) is 13.5 Å². The first-order valence-electron chi connectivity index (χ1n) is 9.49. The summed E-state index contributed by atoms with van der Waals surface area (Å²) in [6.07, 6.45) is 8.73. The lowest BCUT2D eigenvalue weighted by Crippen LogP contribution is -2.56. The lowest BCUT2D eigenvalue weighted by Gasteiger charge is -2.59.